The number of aliphatic carboxylic acids is 1. The number of alkyl halides is 2. The summed E-state index contributed by atoms with van der Waals surface area (Å²) in [6.07, 6.45) is -0.0223. The molecule has 0 amide bonds. The van der Waals surface area contributed by atoms with Gasteiger partial charge in [0.25, 0.3) is 5.92 Å². The van der Waals surface area contributed by atoms with E-state index in [1.807, 2.05) is 0 Å². The topological polar surface area (TPSA) is 63.3 Å². The highest BCUT2D eigenvalue weighted by Gasteiger charge is 2.30. The third-order valence-corrected chi connectivity index (χ3v) is 2.72. The Labute approximate surface area is 105 Å². The van der Waals surface area contributed by atoms with E-state index in [9.17, 15) is 13.6 Å². The van der Waals surface area contributed by atoms with Gasteiger partial charge in [-0.25, -0.2) is 8.78 Å². The summed E-state index contributed by atoms with van der Waals surface area (Å²) in [4.78, 5) is 10.5. The number of halogens is 2. The summed E-state index contributed by atoms with van der Waals surface area (Å²) in [6.45, 7) is 1.70. The van der Waals surface area contributed by atoms with Crippen LogP contribution in [0.15, 0.2) is 24.3 Å². The van der Waals surface area contributed by atoms with Gasteiger partial charge in [-0.1, -0.05) is 37.6 Å². The molecule has 0 heterocycles. The van der Waals surface area contributed by atoms with Crippen LogP contribution < -0.4 is 5.73 Å². The van der Waals surface area contributed by atoms with Crippen LogP contribution in [0.25, 0.3) is 0 Å². The number of carbonyl (C=O) groups is 1. The lowest BCUT2D eigenvalue weighted by atomic mass is 9.99. The summed E-state index contributed by atoms with van der Waals surface area (Å²) >= 11 is 0. The minimum atomic E-state index is -2.84. The van der Waals surface area contributed by atoms with E-state index in [1.54, 1.807) is 6.92 Å². The van der Waals surface area contributed by atoms with Crippen molar-refractivity contribution < 1.29 is 18.7 Å². The second-order valence-corrected chi connectivity index (χ2v) is 4.28. The normalized spacial score (nSPS) is 13.3. The van der Waals surface area contributed by atoms with E-state index in [1.165, 1.54) is 24.3 Å². The van der Waals surface area contributed by atoms with Gasteiger partial charge >= 0.3 is 5.97 Å². The zero-order chi connectivity index (χ0) is 13.8. The van der Waals surface area contributed by atoms with Gasteiger partial charge in [0.15, 0.2) is 0 Å². The number of carboxylic acids is 1. The maximum Gasteiger partial charge on any atom is 0.305 e. The first-order valence-corrected chi connectivity index (χ1v) is 5.82. The molecule has 0 aliphatic carbocycles. The van der Waals surface area contributed by atoms with Gasteiger partial charge in [-0.15, -0.1) is 0 Å². The SMILES string of the molecule is CCCC(F)(F)c1ccc(C(N)CC(=O)O)cc1. The molecule has 3 N–H and O–H groups in total. The summed E-state index contributed by atoms with van der Waals surface area (Å²) < 4.78 is 27.1. The molecule has 0 spiro atoms. The molecule has 1 atom stereocenters. The highest BCUT2D eigenvalue weighted by molar-refractivity contribution is 5.67. The maximum absolute atomic E-state index is 13.6. The van der Waals surface area contributed by atoms with Gasteiger partial charge in [0.05, 0.1) is 6.42 Å². The molecule has 0 radical (unpaired) electrons. The van der Waals surface area contributed by atoms with Gasteiger partial charge in [-0.3, -0.25) is 4.79 Å². The van der Waals surface area contributed by atoms with Crippen molar-refractivity contribution in [3.63, 3.8) is 0 Å². The highest BCUT2D eigenvalue weighted by Crippen LogP contribution is 2.33. The van der Waals surface area contributed by atoms with Crippen LogP contribution in [-0.2, 0) is 10.7 Å². The second kappa shape index (κ2) is 5.91. The van der Waals surface area contributed by atoms with Crippen LogP contribution in [0, 0.1) is 0 Å². The first-order chi connectivity index (χ1) is 8.36. The summed E-state index contributed by atoms with van der Waals surface area (Å²) in [5, 5.41) is 8.60. The Hall–Kier alpha value is -1.49. The third-order valence-electron chi connectivity index (χ3n) is 2.72. The van der Waals surface area contributed by atoms with E-state index in [4.69, 9.17) is 10.8 Å². The Kier molecular flexibility index (Phi) is 4.78. The van der Waals surface area contributed by atoms with Crippen LogP contribution >= 0.6 is 0 Å². The van der Waals surface area contributed by atoms with Crippen molar-refractivity contribution in [2.45, 2.75) is 38.2 Å². The summed E-state index contributed by atoms with van der Waals surface area (Å²) in [5.41, 5.74) is 6.14. The lowest BCUT2D eigenvalue weighted by Crippen LogP contribution is -2.16. The van der Waals surface area contributed by atoms with Crippen LogP contribution in [0.2, 0.25) is 0 Å². The Bertz CT molecular complexity index is 404. The Balaban J connectivity index is 2.82. The van der Waals surface area contributed by atoms with Gasteiger partial charge < -0.3 is 10.8 Å². The predicted molar refractivity (Wildman–Crippen MR) is 64.4 cm³/mol. The minimum absolute atomic E-state index is 0.0596. The molecule has 0 aliphatic heterocycles. The molecule has 1 rings (SSSR count). The first-order valence-electron chi connectivity index (χ1n) is 5.82. The Morgan fingerprint density at radius 3 is 2.39 bits per heavy atom. The van der Waals surface area contributed by atoms with Gasteiger partial charge in [0, 0.05) is 18.0 Å². The first kappa shape index (κ1) is 14.6. The van der Waals surface area contributed by atoms with Gasteiger partial charge in [0.2, 0.25) is 0 Å². The molecule has 1 aromatic carbocycles. The fraction of sp³-hybridized carbons (Fsp3) is 0.462. The minimum Gasteiger partial charge on any atom is -0.481 e. The van der Waals surface area contributed by atoms with Crippen molar-refractivity contribution in [2.24, 2.45) is 5.73 Å². The third kappa shape index (κ3) is 3.77. The predicted octanol–water partition coefficient (Wildman–Crippen LogP) is 3.05. The smallest absolute Gasteiger partial charge is 0.305 e. The number of benzene rings is 1. The van der Waals surface area contributed by atoms with E-state index in [0.717, 1.165) is 0 Å². The molecule has 1 aromatic rings. The van der Waals surface area contributed by atoms with Crippen molar-refractivity contribution in [3.8, 4) is 0 Å². The molecule has 0 saturated heterocycles. The lowest BCUT2D eigenvalue weighted by Gasteiger charge is -2.17. The van der Waals surface area contributed by atoms with Crippen LogP contribution in [-0.4, -0.2) is 11.1 Å². The molecular weight excluding hydrogens is 240 g/mol. The van der Waals surface area contributed by atoms with Crippen LogP contribution in [0.5, 0.6) is 0 Å². The lowest BCUT2D eigenvalue weighted by molar-refractivity contribution is -0.137. The molecule has 18 heavy (non-hydrogen) atoms. The summed E-state index contributed by atoms with van der Waals surface area (Å²) in [7, 11) is 0. The highest BCUT2D eigenvalue weighted by atomic mass is 19.3. The van der Waals surface area contributed by atoms with Gasteiger partial charge in [-0.2, -0.15) is 0 Å². The number of carboxylic acid groups (broad SMARTS) is 1. The fourth-order valence-electron chi connectivity index (χ4n) is 1.74. The van der Waals surface area contributed by atoms with Crippen LogP contribution in [0.3, 0.4) is 0 Å². The van der Waals surface area contributed by atoms with Crippen molar-refractivity contribution >= 4 is 5.97 Å². The van der Waals surface area contributed by atoms with E-state index in [2.05, 4.69) is 0 Å². The van der Waals surface area contributed by atoms with Gasteiger partial charge in [0.1, 0.15) is 0 Å². The monoisotopic (exact) mass is 257 g/mol. The summed E-state index contributed by atoms with van der Waals surface area (Å²) in [5.74, 6) is -3.85. The van der Waals surface area contributed by atoms with Crippen molar-refractivity contribution in [3.05, 3.63) is 35.4 Å². The molecule has 0 saturated carbocycles. The Morgan fingerprint density at radius 1 is 1.39 bits per heavy atom. The van der Waals surface area contributed by atoms with E-state index in [0.29, 0.717) is 12.0 Å². The standard InChI is InChI=1S/C13H17F2NO2/c1-2-7-13(14,15)10-5-3-9(4-6-10)11(16)8-12(17)18/h3-6,11H,2,7-8,16H2,1H3,(H,17,18). The zero-order valence-electron chi connectivity index (χ0n) is 10.2. The van der Waals surface area contributed by atoms with Crippen LogP contribution in [0.1, 0.15) is 43.4 Å². The molecule has 0 aromatic heterocycles. The molecule has 3 nitrogen and oxygen atoms in total. The number of nitrogens with two attached hydrogens (primary N) is 1. The largest absolute Gasteiger partial charge is 0.481 e. The van der Waals surface area contributed by atoms with Crippen molar-refractivity contribution in [1.82, 2.24) is 0 Å². The van der Waals surface area contributed by atoms with Crippen LogP contribution in [0.4, 0.5) is 8.78 Å². The number of hydrogen-bond acceptors (Lipinski definition) is 2. The van der Waals surface area contributed by atoms with Crippen molar-refractivity contribution in [2.75, 3.05) is 0 Å². The average molecular weight is 257 g/mol. The molecule has 0 bridgehead atoms. The van der Waals surface area contributed by atoms with E-state index >= 15 is 0 Å². The quantitative estimate of drug-likeness (QED) is 0.823. The second-order valence-electron chi connectivity index (χ2n) is 4.28. The summed E-state index contributed by atoms with van der Waals surface area (Å²) in [6, 6.07) is 4.88. The van der Waals surface area contributed by atoms with E-state index in [-0.39, 0.29) is 18.4 Å². The molecule has 100 valence electrons. The van der Waals surface area contributed by atoms with Gasteiger partial charge in [-0.05, 0) is 5.56 Å². The number of hydrogen-bond donors (Lipinski definition) is 2. The molecule has 0 fully saturated rings. The molecule has 5 heteroatoms. The number of rotatable bonds is 6. The fourth-order valence-corrected chi connectivity index (χ4v) is 1.74. The van der Waals surface area contributed by atoms with Crippen molar-refractivity contribution in [1.29, 1.82) is 0 Å². The average Bonchev–Trinajstić information content (AvgIpc) is 2.28. The molecular formula is C13H17F2NO2. The zero-order valence-corrected chi connectivity index (χ0v) is 10.2. The van der Waals surface area contributed by atoms with E-state index < -0.39 is 17.9 Å². The molecule has 0 aliphatic rings. The molecule has 1 unspecified atom stereocenters. The Morgan fingerprint density at radius 2 is 1.94 bits per heavy atom. The maximum atomic E-state index is 13.6.